The van der Waals surface area contributed by atoms with Crippen molar-refractivity contribution in [2.24, 2.45) is 0 Å². The summed E-state index contributed by atoms with van der Waals surface area (Å²) in [6.45, 7) is -0.0919. The second kappa shape index (κ2) is 7.23. The monoisotopic (exact) mass is 410 g/mol. The number of rotatable bonds is 5. The van der Waals surface area contributed by atoms with Crippen molar-refractivity contribution in [2.45, 2.75) is 13.0 Å². The van der Waals surface area contributed by atoms with Crippen LogP contribution >= 0.6 is 15.9 Å². The minimum absolute atomic E-state index is 0.0919. The zero-order chi connectivity index (χ0) is 18.0. The lowest BCUT2D eigenvalue weighted by molar-refractivity contribution is -0.139. The maximum absolute atomic E-state index is 14.5. The number of esters is 1. The van der Waals surface area contributed by atoms with Gasteiger partial charge in [-0.2, -0.15) is 0 Å². The van der Waals surface area contributed by atoms with Crippen molar-refractivity contribution < 1.29 is 27.5 Å². The van der Waals surface area contributed by atoms with Crippen LogP contribution in [-0.2, 0) is 22.6 Å². The maximum Gasteiger partial charge on any atom is 0.310 e. The Morgan fingerprint density at radius 1 is 1.20 bits per heavy atom. The summed E-state index contributed by atoms with van der Waals surface area (Å²) in [7, 11) is 1.25. The van der Waals surface area contributed by atoms with Crippen molar-refractivity contribution in [1.29, 1.82) is 0 Å². The van der Waals surface area contributed by atoms with E-state index < -0.39 is 17.6 Å². The first-order valence-corrected chi connectivity index (χ1v) is 8.11. The number of carbonyl (C=O) groups excluding carboxylic acids is 1. The molecule has 0 bridgehead atoms. The number of hydrogen-bond acceptors (Lipinski definition) is 4. The largest absolute Gasteiger partial charge is 0.488 e. The lowest BCUT2D eigenvalue weighted by Gasteiger charge is -2.12. The minimum atomic E-state index is -0.524. The standard InChI is InChI=1S/C18H13BrF2O4/c1-23-16(22)8-10-6-12(20)2-3-15(10)25-9-11-7-14(19)18-13(17(11)21)4-5-24-18/h2-7H,8-9H2,1H3. The Hall–Kier alpha value is -2.41. The van der Waals surface area contributed by atoms with Gasteiger partial charge in [-0.1, -0.05) is 0 Å². The normalized spacial score (nSPS) is 10.9. The van der Waals surface area contributed by atoms with E-state index in [1.165, 1.54) is 37.6 Å². The van der Waals surface area contributed by atoms with Crippen molar-refractivity contribution in [3.8, 4) is 5.75 Å². The van der Waals surface area contributed by atoms with E-state index in [0.29, 0.717) is 26.6 Å². The van der Waals surface area contributed by atoms with Gasteiger partial charge in [-0.25, -0.2) is 8.78 Å². The highest BCUT2D eigenvalue weighted by molar-refractivity contribution is 9.10. The van der Waals surface area contributed by atoms with Gasteiger partial charge in [0.25, 0.3) is 0 Å². The van der Waals surface area contributed by atoms with E-state index in [2.05, 4.69) is 20.7 Å². The molecule has 0 amide bonds. The lowest BCUT2D eigenvalue weighted by atomic mass is 10.1. The molecular formula is C18H13BrF2O4. The fraction of sp³-hybridized carbons (Fsp3) is 0.167. The summed E-state index contributed by atoms with van der Waals surface area (Å²) in [6.07, 6.45) is 1.26. The van der Waals surface area contributed by atoms with Crippen molar-refractivity contribution in [3.05, 3.63) is 63.8 Å². The van der Waals surface area contributed by atoms with Crippen molar-refractivity contribution >= 4 is 32.9 Å². The minimum Gasteiger partial charge on any atom is -0.488 e. The number of ether oxygens (including phenoxy) is 2. The third-order valence-electron chi connectivity index (χ3n) is 3.67. The van der Waals surface area contributed by atoms with Gasteiger partial charge in [-0.15, -0.1) is 0 Å². The first-order chi connectivity index (χ1) is 12.0. The SMILES string of the molecule is COC(=O)Cc1cc(F)ccc1OCc1cc(Br)c2occc2c1F. The molecule has 25 heavy (non-hydrogen) atoms. The van der Waals surface area contributed by atoms with Crippen molar-refractivity contribution in [1.82, 2.24) is 0 Å². The molecule has 0 saturated carbocycles. The van der Waals surface area contributed by atoms with Gasteiger partial charge in [-0.3, -0.25) is 4.79 Å². The highest BCUT2D eigenvalue weighted by Gasteiger charge is 2.16. The summed E-state index contributed by atoms with van der Waals surface area (Å²) in [4.78, 5) is 11.5. The second-order valence-electron chi connectivity index (χ2n) is 5.29. The summed E-state index contributed by atoms with van der Waals surface area (Å²) in [5.74, 6) is -1.19. The van der Waals surface area contributed by atoms with Gasteiger partial charge in [-0.05, 0) is 46.3 Å². The van der Waals surface area contributed by atoms with Crippen LogP contribution in [0.2, 0.25) is 0 Å². The average Bonchev–Trinajstić information content (AvgIpc) is 3.08. The van der Waals surface area contributed by atoms with Gasteiger partial charge in [0, 0.05) is 11.1 Å². The Labute approximate surface area is 150 Å². The summed E-state index contributed by atoms with van der Waals surface area (Å²) in [6, 6.07) is 6.89. The van der Waals surface area contributed by atoms with Crippen LogP contribution in [0.3, 0.4) is 0 Å². The first kappa shape index (κ1) is 17.4. The lowest BCUT2D eigenvalue weighted by Crippen LogP contribution is -2.08. The molecule has 3 aromatic rings. The van der Waals surface area contributed by atoms with Crippen LogP contribution in [0.15, 0.2) is 45.5 Å². The molecule has 7 heteroatoms. The smallest absolute Gasteiger partial charge is 0.310 e. The molecule has 0 fully saturated rings. The van der Waals surface area contributed by atoms with Crippen LogP contribution in [0.1, 0.15) is 11.1 Å². The van der Waals surface area contributed by atoms with Crippen LogP contribution in [0.4, 0.5) is 8.78 Å². The van der Waals surface area contributed by atoms with Crippen LogP contribution in [0.5, 0.6) is 5.75 Å². The molecule has 0 atom stereocenters. The molecule has 0 saturated heterocycles. The number of halogens is 3. The third kappa shape index (κ3) is 3.66. The van der Waals surface area contributed by atoms with E-state index in [4.69, 9.17) is 9.15 Å². The van der Waals surface area contributed by atoms with Crippen LogP contribution in [0.25, 0.3) is 11.0 Å². The number of benzene rings is 2. The van der Waals surface area contributed by atoms with Crippen LogP contribution in [-0.4, -0.2) is 13.1 Å². The Morgan fingerprint density at radius 3 is 2.76 bits per heavy atom. The molecule has 3 rings (SSSR count). The number of furan rings is 1. The molecule has 0 aliphatic rings. The number of carbonyl (C=O) groups is 1. The molecule has 0 unspecified atom stereocenters. The summed E-state index contributed by atoms with van der Waals surface area (Å²) < 4.78 is 44.0. The van der Waals surface area contributed by atoms with E-state index >= 15 is 0 Å². The fourth-order valence-electron chi connectivity index (χ4n) is 2.44. The Balaban J connectivity index is 1.87. The maximum atomic E-state index is 14.5. The van der Waals surface area contributed by atoms with Gasteiger partial charge in [0.1, 0.15) is 24.0 Å². The molecule has 0 radical (unpaired) electrons. The molecule has 4 nitrogen and oxygen atoms in total. The molecular weight excluding hydrogens is 398 g/mol. The zero-order valence-electron chi connectivity index (χ0n) is 13.1. The molecule has 130 valence electrons. The average molecular weight is 411 g/mol. The molecule has 0 spiro atoms. The van der Waals surface area contributed by atoms with Gasteiger partial charge >= 0.3 is 5.97 Å². The van der Waals surface area contributed by atoms with E-state index in [-0.39, 0.29) is 18.8 Å². The Morgan fingerprint density at radius 2 is 2.00 bits per heavy atom. The zero-order valence-corrected chi connectivity index (χ0v) is 14.7. The Bertz CT molecular complexity index is 936. The third-order valence-corrected chi connectivity index (χ3v) is 4.26. The summed E-state index contributed by atoms with van der Waals surface area (Å²) >= 11 is 3.33. The molecule has 0 aliphatic carbocycles. The van der Waals surface area contributed by atoms with E-state index in [1.807, 2.05) is 0 Å². The van der Waals surface area contributed by atoms with E-state index in [9.17, 15) is 13.6 Å². The highest BCUT2D eigenvalue weighted by atomic mass is 79.9. The van der Waals surface area contributed by atoms with Crippen LogP contribution in [0, 0.1) is 11.6 Å². The van der Waals surface area contributed by atoms with E-state index in [0.717, 1.165) is 0 Å². The topological polar surface area (TPSA) is 48.7 Å². The second-order valence-corrected chi connectivity index (χ2v) is 6.14. The molecule has 2 aromatic carbocycles. The number of hydrogen-bond donors (Lipinski definition) is 0. The van der Waals surface area contributed by atoms with Gasteiger partial charge < -0.3 is 13.9 Å². The highest BCUT2D eigenvalue weighted by Crippen LogP contribution is 2.31. The van der Waals surface area contributed by atoms with Gasteiger partial charge in [0.05, 0.1) is 29.7 Å². The fourth-order valence-corrected chi connectivity index (χ4v) is 3.02. The number of fused-ring (bicyclic) bond motifs is 1. The van der Waals surface area contributed by atoms with Crippen LogP contribution < -0.4 is 4.74 Å². The van der Waals surface area contributed by atoms with Crippen molar-refractivity contribution in [3.63, 3.8) is 0 Å². The number of methoxy groups -OCH3 is 1. The summed E-state index contributed by atoms with van der Waals surface area (Å²) in [5, 5.41) is 0.335. The molecule has 1 aromatic heterocycles. The van der Waals surface area contributed by atoms with E-state index in [1.54, 1.807) is 6.07 Å². The predicted octanol–water partition coefficient (Wildman–Crippen LogP) is 4.77. The van der Waals surface area contributed by atoms with Gasteiger partial charge in [0.2, 0.25) is 0 Å². The van der Waals surface area contributed by atoms with Gasteiger partial charge in [0.15, 0.2) is 5.58 Å². The first-order valence-electron chi connectivity index (χ1n) is 7.31. The quantitative estimate of drug-likeness (QED) is 0.568. The predicted molar refractivity (Wildman–Crippen MR) is 90.3 cm³/mol. The summed E-state index contributed by atoms with van der Waals surface area (Å²) in [5.41, 5.74) is 1.04. The van der Waals surface area contributed by atoms with Crippen molar-refractivity contribution in [2.75, 3.05) is 7.11 Å². The molecule has 0 N–H and O–H groups in total. The Kier molecular flexibility index (Phi) is 5.03. The molecule has 1 heterocycles. The molecule has 0 aliphatic heterocycles.